The van der Waals surface area contributed by atoms with Crippen molar-refractivity contribution in [3.63, 3.8) is 0 Å². The summed E-state index contributed by atoms with van der Waals surface area (Å²) in [5.74, 6) is -0.431. The van der Waals surface area contributed by atoms with Gasteiger partial charge in [0.15, 0.2) is 11.7 Å². The van der Waals surface area contributed by atoms with Gasteiger partial charge in [-0.3, -0.25) is 4.79 Å². The number of esters is 1. The number of rotatable bonds is 7. The maximum absolute atomic E-state index is 12.4. The first-order valence-corrected chi connectivity index (χ1v) is 8.07. The SMILES string of the molecule is COC(=O)C(NC(=O)c1coc(C(N)CC(C)C)n1)c1ccccc1. The van der Waals surface area contributed by atoms with Crippen LogP contribution >= 0.6 is 0 Å². The van der Waals surface area contributed by atoms with E-state index in [-0.39, 0.29) is 11.7 Å². The lowest BCUT2D eigenvalue weighted by Gasteiger charge is -2.16. The van der Waals surface area contributed by atoms with Crippen molar-refractivity contribution < 1.29 is 18.7 Å². The Balaban J connectivity index is 2.14. The number of ether oxygens (including phenoxy) is 1. The zero-order valence-electron chi connectivity index (χ0n) is 14.6. The fourth-order valence-electron chi connectivity index (χ4n) is 2.42. The minimum Gasteiger partial charge on any atom is -0.467 e. The molecule has 1 amide bonds. The van der Waals surface area contributed by atoms with Gasteiger partial charge in [0.25, 0.3) is 5.91 Å². The first-order valence-electron chi connectivity index (χ1n) is 8.07. The molecule has 134 valence electrons. The standard InChI is InChI=1S/C18H23N3O4/c1-11(2)9-13(19)17-20-14(10-25-17)16(22)21-15(18(23)24-3)12-7-5-4-6-8-12/h4-8,10-11,13,15H,9,19H2,1-3H3,(H,21,22). The van der Waals surface area contributed by atoms with Crippen molar-refractivity contribution in [2.24, 2.45) is 11.7 Å². The molecule has 0 saturated heterocycles. The Morgan fingerprint density at radius 3 is 2.56 bits per heavy atom. The van der Waals surface area contributed by atoms with Crippen LogP contribution in [0.1, 0.15) is 54.3 Å². The van der Waals surface area contributed by atoms with Crippen molar-refractivity contribution in [1.29, 1.82) is 0 Å². The average Bonchev–Trinajstić information content (AvgIpc) is 3.09. The molecular weight excluding hydrogens is 322 g/mol. The Labute approximate surface area is 146 Å². The summed E-state index contributed by atoms with van der Waals surface area (Å²) in [5.41, 5.74) is 6.69. The highest BCUT2D eigenvalue weighted by Crippen LogP contribution is 2.19. The number of hydrogen-bond donors (Lipinski definition) is 2. The molecule has 2 atom stereocenters. The molecule has 1 heterocycles. The molecule has 2 rings (SSSR count). The number of oxazole rings is 1. The molecule has 0 fully saturated rings. The third-order valence-corrected chi connectivity index (χ3v) is 3.64. The average molecular weight is 345 g/mol. The van der Waals surface area contributed by atoms with E-state index in [0.717, 1.165) is 0 Å². The van der Waals surface area contributed by atoms with Crippen LogP contribution < -0.4 is 11.1 Å². The molecule has 7 nitrogen and oxygen atoms in total. The second kappa shape index (κ2) is 8.43. The van der Waals surface area contributed by atoms with Gasteiger partial charge in [-0.25, -0.2) is 9.78 Å². The van der Waals surface area contributed by atoms with Crippen LogP contribution in [0.4, 0.5) is 0 Å². The number of carbonyl (C=O) groups is 2. The van der Waals surface area contributed by atoms with Crippen LogP contribution in [-0.4, -0.2) is 24.0 Å². The van der Waals surface area contributed by atoms with Gasteiger partial charge in [-0.1, -0.05) is 44.2 Å². The van der Waals surface area contributed by atoms with Gasteiger partial charge in [0.1, 0.15) is 6.26 Å². The highest BCUT2D eigenvalue weighted by atomic mass is 16.5. The van der Waals surface area contributed by atoms with Gasteiger partial charge in [-0.05, 0) is 17.9 Å². The normalized spacial score (nSPS) is 13.3. The largest absolute Gasteiger partial charge is 0.467 e. The third-order valence-electron chi connectivity index (χ3n) is 3.64. The number of nitrogens with two attached hydrogens (primary N) is 1. The Morgan fingerprint density at radius 2 is 1.96 bits per heavy atom. The number of carbonyl (C=O) groups excluding carboxylic acids is 2. The summed E-state index contributed by atoms with van der Waals surface area (Å²) < 4.78 is 10.1. The van der Waals surface area contributed by atoms with E-state index >= 15 is 0 Å². The summed E-state index contributed by atoms with van der Waals surface area (Å²) in [6.07, 6.45) is 1.93. The van der Waals surface area contributed by atoms with Gasteiger partial charge in [0.2, 0.25) is 5.89 Å². The summed E-state index contributed by atoms with van der Waals surface area (Å²) in [6.45, 7) is 4.08. The highest BCUT2D eigenvalue weighted by molar-refractivity contribution is 5.95. The number of nitrogens with zero attached hydrogens (tertiary/aromatic N) is 1. The predicted molar refractivity (Wildman–Crippen MR) is 91.6 cm³/mol. The maximum atomic E-state index is 12.4. The number of amides is 1. The lowest BCUT2D eigenvalue weighted by molar-refractivity contribution is -0.143. The van der Waals surface area contributed by atoms with Crippen molar-refractivity contribution in [3.05, 3.63) is 53.7 Å². The lowest BCUT2D eigenvalue weighted by atomic mass is 10.0. The van der Waals surface area contributed by atoms with Crippen LogP contribution in [0.15, 0.2) is 41.0 Å². The van der Waals surface area contributed by atoms with Gasteiger partial charge in [0, 0.05) is 0 Å². The molecule has 1 aromatic carbocycles. The summed E-state index contributed by atoms with van der Waals surface area (Å²) in [4.78, 5) is 28.6. The second-order valence-electron chi connectivity index (χ2n) is 6.15. The maximum Gasteiger partial charge on any atom is 0.333 e. The Bertz CT molecular complexity index is 712. The second-order valence-corrected chi connectivity index (χ2v) is 6.15. The minimum atomic E-state index is -0.928. The number of aromatic nitrogens is 1. The summed E-state index contributed by atoms with van der Waals surface area (Å²) >= 11 is 0. The van der Waals surface area contributed by atoms with Crippen LogP contribution in [0.3, 0.4) is 0 Å². The van der Waals surface area contributed by atoms with Crippen LogP contribution in [-0.2, 0) is 9.53 Å². The molecule has 7 heteroatoms. The zero-order valence-corrected chi connectivity index (χ0v) is 14.6. The first kappa shape index (κ1) is 18.7. The van der Waals surface area contributed by atoms with Crippen LogP contribution in [0, 0.1) is 5.92 Å². The van der Waals surface area contributed by atoms with Gasteiger partial charge in [-0.15, -0.1) is 0 Å². The molecule has 3 N–H and O–H groups in total. The Morgan fingerprint density at radius 1 is 1.28 bits per heavy atom. The van der Waals surface area contributed by atoms with E-state index in [1.807, 2.05) is 19.9 Å². The van der Waals surface area contributed by atoms with Crippen molar-refractivity contribution in [1.82, 2.24) is 10.3 Å². The van der Waals surface area contributed by atoms with Gasteiger partial charge >= 0.3 is 5.97 Å². The van der Waals surface area contributed by atoms with E-state index in [2.05, 4.69) is 10.3 Å². The molecule has 0 aliphatic heterocycles. The Hall–Kier alpha value is -2.67. The van der Waals surface area contributed by atoms with E-state index in [9.17, 15) is 9.59 Å². The molecular formula is C18H23N3O4. The molecule has 0 bridgehead atoms. The molecule has 0 aliphatic rings. The summed E-state index contributed by atoms with van der Waals surface area (Å²) in [7, 11) is 1.27. The van der Waals surface area contributed by atoms with Crippen LogP contribution in [0.2, 0.25) is 0 Å². The third kappa shape index (κ3) is 4.90. The minimum absolute atomic E-state index is 0.0686. The summed E-state index contributed by atoms with van der Waals surface area (Å²) in [6, 6.07) is 7.52. The quantitative estimate of drug-likeness (QED) is 0.746. The monoisotopic (exact) mass is 345 g/mol. The molecule has 2 unspecified atom stereocenters. The number of nitrogens with one attached hydrogen (secondary N) is 1. The van der Waals surface area contributed by atoms with Gasteiger partial charge < -0.3 is 20.2 Å². The number of methoxy groups -OCH3 is 1. The van der Waals surface area contributed by atoms with E-state index in [4.69, 9.17) is 14.9 Å². The van der Waals surface area contributed by atoms with Crippen molar-refractivity contribution >= 4 is 11.9 Å². The van der Waals surface area contributed by atoms with Crippen molar-refractivity contribution in [3.8, 4) is 0 Å². The fourth-order valence-corrected chi connectivity index (χ4v) is 2.42. The molecule has 0 spiro atoms. The smallest absolute Gasteiger partial charge is 0.333 e. The predicted octanol–water partition coefficient (Wildman–Crippen LogP) is 2.36. The molecule has 2 aromatic rings. The zero-order chi connectivity index (χ0) is 18.4. The molecule has 0 radical (unpaired) electrons. The number of benzene rings is 1. The Kier molecular flexibility index (Phi) is 6.30. The van der Waals surface area contributed by atoms with E-state index < -0.39 is 17.9 Å². The lowest BCUT2D eigenvalue weighted by Crippen LogP contribution is -2.34. The van der Waals surface area contributed by atoms with Gasteiger partial charge in [-0.2, -0.15) is 0 Å². The van der Waals surface area contributed by atoms with Crippen LogP contribution in [0.5, 0.6) is 0 Å². The molecule has 0 saturated carbocycles. The first-order chi connectivity index (χ1) is 11.9. The van der Waals surface area contributed by atoms with Gasteiger partial charge in [0.05, 0.1) is 13.2 Å². The number of hydrogen-bond acceptors (Lipinski definition) is 6. The molecule has 1 aromatic heterocycles. The van der Waals surface area contributed by atoms with E-state index in [1.165, 1.54) is 13.4 Å². The summed E-state index contributed by atoms with van der Waals surface area (Å²) in [5, 5.41) is 2.62. The van der Waals surface area contributed by atoms with E-state index in [0.29, 0.717) is 23.8 Å². The highest BCUT2D eigenvalue weighted by Gasteiger charge is 2.26. The molecule has 0 aliphatic carbocycles. The van der Waals surface area contributed by atoms with Crippen molar-refractivity contribution in [2.75, 3.05) is 7.11 Å². The topological polar surface area (TPSA) is 107 Å². The van der Waals surface area contributed by atoms with Crippen LogP contribution in [0.25, 0.3) is 0 Å². The molecule has 25 heavy (non-hydrogen) atoms. The van der Waals surface area contributed by atoms with E-state index in [1.54, 1.807) is 24.3 Å². The van der Waals surface area contributed by atoms with Crippen molar-refractivity contribution in [2.45, 2.75) is 32.4 Å². The fraction of sp³-hybridized carbons (Fsp3) is 0.389.